The minimum Gasteiger partial charge on any atom is -0.457 e. The van der Waals surface area contributed by atoms with Gasteiger partial charge in [-0.2, -0.15) is 0 Å². The third-order valence-electron chi connectivity index (χ3n) is 4.92. The van der Waals surface area contributed by atoms with Gasteiger partial charge in [0.2, 0.25) is 5.91 Å². The first-order chi connectivity index (χ1) is 11.8. The lowest BCUT2D eigenvalue weighted by atomic mass is 9.93. The van der Waals surface area contributed by atoms with Crippen LogP contribution in [0, 0.1) is 5.92 Å². The zero-order valence-electron chi connectivity index (χ0n) is 13.7. The molecule has 2 heterocycles. The minimum atomic E-state index is 0.217. The average molecular weight is 322 g/mol. The van der Waals surface area contributed by atoms with Gasteiger partial charge in [0.25, 0.3) is 0 Å². The third kappa shape index (κ3) is 3.44. The van der Waals surface area contributed by atoms with Gasteiger partial charge in [-0.1, -0.05) is 30.3 Å². The summed E-state index contributed by atoms with van der Waals surface area (Å²) in [5, 5.41) is 3.09. The first-order valence-corrected chi connectivity index (χ1v) is 8.60. The molecule has 24 heavy (non-hydrogen) atoms. The Balaban J connectivity index is 1.35. The summed E-state index contributed by atoms with van der Waals surface area (Å²) in [6, 6.07) is 18.5. The molecule has 0 unspecified atom stereocenters. The Kier molecular flexibility index (Phi) is 4.22. The maximum absolute atomic E-state index is 11.5. The van der Waals surface area contributed by atoms with E-state index in [0.717, 1.165) is 37.6 Å². The van der Waals surface area contributed by atoms with Gasteiger partial charge >= 0.3 is 0 Å². The molecule has 0 aliphatic carbocycles. The van der Waals surface area contributed by atoms with Crippen molar-refractivity contribution in [3.8, 4) is 11.5 Å². The summed E-state index contributed by atoms with van der Waals surface area (Å²) in [6.07, 6.45) is 1.75. The number of likely N-dealkylation sites (tertiary alicyclic amines) is 1. The lowest BCUT2D eigenvalue weighted by Gasteiger charge is -2.34. The van der Waals surface area contributed by atoms with E-state index in [-0.39, 0.29) is 5.91 Å². The van der Waals surface area contributed by atoms with E-state index >= 15 is 0 Å². The predicted octanol–water partition coefficient (Wildman–Crippen LogP) is 3.19. The molecular formula is C20H22N2O2. The number of carbonyl (C=O) groups excluding carboxylic acids is 1. The molecule has 2 aromatic rings. The lowest BCUT2D eigenvalue weighted by Crippen LogP contribution is -2.44. The van der Waals surface area contributed by atoms with Crippen molar-refractivity contribution < 1.29 is 9.53 Å². The fraction of sp³-hybridized carbons (Fsp3) is 0.350. The second-order valence-corrected chi connectivity index (χ2v) is 6.72. The fourth-order valence-electron chi connectivity index (χ4n) is 3.70. The van der Waals surface area contributed by atoms with Gasteiger partial charge in [-0.05, 0) is 36.2 Å². The van der Waals surface area contributed by atoms with E-state index in [1.165, 1.54) is 5.56 Å². The molecule has 2 atom stereocenters. The Morgan fingerprint density at radius 2 is 1.79 bits per heavy atom. The number of rotatable bonds is 4. The van der Waals surface area contributed by atoms with Crippen LogP contribution in [-0.2, 0) is 11.3 Å². The predicted molar refractivity (Wildman–Crippen MR) is 92.9 cm³/mol. The van der Waals surface area contributed by atoms with E-state index in [2.05, 4.69) is 22.3 Å². The van der Waals surface area contributed by atoms with E-state index in [4.69, 9.17) is 4.74 Å². The molecule has 4 nitrogen and oxygen atoms in total. The van der Waals surface area contributed by atoms with E-state index in [1.807, 2.05) is 42.5 Å². The molecule has 0 bridgehead atoms. The lowest BCUT2D eigenvalue weighted by molar-refractivity contribution is -0.119. The molecule has 0 saturated carbocycles. The number of hydrogen-bond donors (Lipinski definition) is 1. The number of piperidine rings is 1. The maximum atomic E-state index is 11.5. The number of benzene rings is 2. The van der Waals surface area contributed by atoms with Crippen molar-refractivity contribution in [1.82, 2.24) is 10.2 Å². The Hall–Kier alpha value is -2.33. The van der Waals surface area contributed by atoms with Crippen LogP contribution in [0.5, 0.6) is 11.5 Å². The van der Waals surface area contributed by atoms with Gasteiger partial charge in [-0.25, -0.2) is 0 Å². The molecule has 1 N–H and O–H groups in total. The van der Waals surface area contributed by atoms with Gasteiger partial charge in [0.05, 0.1) is 0 Å². The second-order valence-electron chi connectivity index (χ2n) is 6.72. The molecule has 0 aromatic heterocycles. The minimum absolute atomic E-state index is 0.217. The zero-order chi connectivity index (χ0) is 16.4. The highest BCUT2D eigenvalue weighted by Gasteiger charge is 2.36. The molecular weight excluding hydrogens is 300 g/mol. The highest BCUT2D eigenvalue weighted by molar-refractivity contribution is 5.79. The van der Waals surface area contributed by atoms with Gasteiger partial charge in [0.1, 0.15) is 11.5 Å². The Morgan fingerprint density at radius 1 is 1.04 bits per heavy atom. The van der Waals surface area contributed by atoms with Crippen LogP contribution in [-0.4, -0.2) is 29.9 Å². The number of amides is 1. The van der Waals surface area contributed by atoms with Gasteiger partial charge in [0, 0.05) is 38.0 Å². The highest BCUT2D eigenvalue weighted by atomic mass is 16.5. The monoisotopic (exact) mass is 322 g/mol. The van der Waals surface area contributed by atoms with E-state index in [0.29, 0.717) is 18.4 Å². The van der Waals surface area contributed by atoms with Crippen molar-refractivity contribution in [3.05, 3.63) is 60.2 Å². The van der Waals surface area contributed by atoms with Crippen LogP contribution >= 0.6 is 0 Å². The van der Waals surface area contributed by atoms with E-state index in [9.17, 15) is 4.79 Å². The smallest absolute Gasteiger partial charge is 0.220 e. The zero-order valence-corrected chi connectivity index (χ0v) is 13.7. The summed E-state index contributed by atoms with van der Waals surface area (Å²) < 4.78 is 5.83. The van der Waals surface area contributed by atoms with Crippen LogP contribution in [0.15, 0.2) is 54.6 Å². The Labute approximate surface area is 142 Å². The normalized spacial score (nSPS) is 23.6. The number of nitrogens with zero attached hydrogens (tertiary/aromatic N) is 1. The summed E-state index contributed by atoms with van der Waals surface area (Å²) in [6.45, 7) is 2.98. The molecule has 0 spiro atoms. The average Bonchev–Trinajstić information content (AvgIpc) is 2.97. The standard InChI is InChI=1S/C20H22N2O2/c23-20-12-16-14-22(11-10-19(16)21-20)13-15-6-8-18(9-7-15)24-17-4-2-1-3-5-17/h1-9,16,19H,10-14H2,(H,21,23)/t16-,19+/m1/s1. The summed E-state index contributed by atoms with van der Waals surface area (Å²) in [5.74, 6) is 2.40. The molecule has 1 amide bonds. The van der Waals surface area contributed by atoms with Crippen molar-refractivity contribution in [2.24, 2.45) is 5.92 Å². The number of para-hydroxylation sites is 1. The van der Waals surface area contributed by atoms with Gasteiger partial charge < -0.3 is 10.1 Å². The van der Waals surface area contributed by atoms with Crippen molar-refractivity contribution in [1.29, 1.82) is 0 Å². The maximum Gasteiger partial charge on any atom is 0.220 e. The summed E-state index contributed by atoms with van der Waals surface area (Å²) >= 11 is 0. The number of nitrogens with one attached hydrogen (secondary N) is 1. The molecule has 2 aliphatic heterocycles. The van der Waals surface area contributed by atoms with E-state index < -0.39 is 0 Å². The molecule has 2 aromatic carbocycles. The Bertz CT molecular complexity index is 699. The van der Waals surface area contributed by atoms with Crippen molar-refractivity contribution in [2.45, 2.75) is 25.4 Å². The molecule has 2 saturated heterocycles. The van der Waals surface area contributed by atoms with E-state index in [1.54, 1.807) is 0 Å². The third-order valence-corrected chi connectivity index (χ3v) is 4.92. The van der Waals surface area contributed by atoms with Gasteiger partial charge in [-0.3, -0.25) is 9.69 Å². The summed E-state index contributed by atoms with van der Waals surface area (Å²) in [7, 11) is 0. The fourth-order valence-corrected chi connectivity index (χ4v) is 3.70. The number of carbonyl (C=O) groups is 1. The van der Waals surface area contributed by atoms with Crippen LogP contribution in [0.1, 0.15) is 18.4 Å². The number of ether oxygens (including phenoxy) is 1. The number of fused-ring (bicyclic) bond motifs is 1. The number of hydrogen-bond acceptors (Lipinski definition) is 3. The van der Waals surface area contributed by atoms with Crippen LogP contribution in [0.4, 0.5) is 0 Å². The topological polar surface area (TPSA) is 41.6 Å². The summed E-state index contributed by atoms with van der Waals surface area (Å²) in [5.41, 5.74) is 1.28. The Morgan fingerprint density at radius 3 is 2.58 bits per heavy atom. The molecule has 0 radical (unpaired) electrons. The van der Waals surface area contributed by atoms with Crippen molar-refractivity contribution in [2.75, 3.05) is 13.1 Å². The SMILES string of the molecule is O=C1C[C@@H]2CN(Cc3ccc(Oc4ccccc4)cc3)CC[C@@H]2N1. The summed E-state index contributed by atoms with van der Waals surface area (Å²) in [4.78, 5) is 14.0. The van der Waals surface area contributed by atoms with Gasteiger partial charge in [0.15, 0.2) is 0 Å². The molecule has 4 heteroatoms. The first kappa shape index (κ1) is 15.2. The van der Waals surface area contributed by atoms with Crippen LogP contribution in [0.2, 0.25) is 0 Å². The highest BCUT2D eigenvalue weighted by Crippen LogP contribution is 2.27. The molecule has 2 fully saturated rings. The quantitative estimate of drug-likeness (QED) is 0.940. The molecule has 2 aliphatic rings. The molecule has 4 rings (SSSR count). The van der Waals surface area contributed by atoms with Crippen LogP contribution < -0.4 is 10.1 Å². The molecule has 124 valence electrons. The van der Waals surface area contributed by atoms with Gasteiger partial charge in [-0.15, -0.1) is 0 Å². The van der Waals surface area contributed by atoms with Crippen LogP contribution in [0.25, 0.3) is 0 Å². The van der Waals surface area contributed by atoms with Crippen molar-refractivity contribution >= 4 is 5.91 Å². The van der Waals surface area contributed by atoms with Crippen molar-refractivity contribution in [3.63, 3.8) is 0 Å². The largest absolute Gasteiger partial charge is 0.457 e. The first-order valence-electron chi connectivity index (χ1n) is 8.60. The van der Waals surface area contributed by atoms with Crippen LogP contribution in [0.3, 0.4) is 0 Å². The second kappa shape index (κ2) is 6.65.